The summed E-state index contributed by atoms with van der Waals surface area (Å²) in [5, 5.41) is 18.6. The number of carbonyl (C=O) groups excluding carboxylic acids is 1. The molecular weight excluding hydrogens is 238 g/mol. The van der Waals surface area contributed by atoms with Crippen LogP contribution in [0.25, 0.3) is 0 Å². The number of carboxylic acid groups (broad SMARTS) is 1. The maximum atomic E-state index is 11.4. The molecule has 0 fully saturated rings. The minimum atomic E-state index is -1.31. The van der Waals surface area contributed by atoms with Gasteiger partial charge in [0.15, 0.2) is 5.78 Å². The van der Waals surface area contributed by atoms with E-state index < -0.39 is 28.8 Å². The van der Waals surface area contributed by atoms with Crippen LogP contribution in [0.2, 0.25) is 5.02 Å². The zero-order valence-corrected chi connectivity index (χ0v) is 8.60. The first kappa shape index (κ1) is 12.1. The van der Waals surface area contributed by atoms with Gasteiger partial charge in [0.1, 0.15) is 11.4 Å². The SMILES string of the molecule is O=C(O)CC(=O)c1cccc([N+](=O)[O-])c1Cl. The van der Waals surface area contributed by atoms with Crippen molar-refractivity contribution in [1.82, 2.24) is 0 Å². The molecule has 0 bridgehead atoms. The molecule has 16 heavy (non-hydrogen) atoms. The number of benzene rings is 1. The van der Waals surface area contributed by atoms with E-state index in [4.69, 9.17) is 16.7 Å². The van der Waals surface area contributed by atoms with Crippen molar-refractivity contribution < 1.29 is 19.6 Å². The van der Waals surface area contributed by atoms with Crippen LogP contribution in [0.15, 0.2) is 18.2 Å². The van der Waals surface area contributed by atoms with Crippen molar-refractivity contribution >= 4 is 29.0 Å². The van der Waals surface area contributed by atoms with Gasteiger partial charge in [-0.1, -0.05) is 17.7 Å². The van der Waals surface area contributed by atoms with Crippen LogP contribution in [0.4, 0.5) is 5.69 Å². The molecule has 0 heterocycles. The number of rotatable bonds is 4. The average molecular weight is 244 g/mol. The van der Waals surface area contributed by atoms with Crippen LogP contribution in [0.3, 0.4) is 0 Å². The predicted octanol–water partition coefficient (Wildman–Crippen LogP) is 1.91. The summed E-state index contributed by atoms with van der Waals surface area (Å²) in [6, 6.07) is 3.67. The fourth-order valence-corrected chi connectivity index (χ4v) is 1.41. The summed E-state index contributed by atoms with van der Waals surface area (Å²) < 4.78 is 0. The topological polar surface area (TPSA) is 97.5 Å². The first-order valence-corrected chi connectivity index (χ1v) is 4.49. The zero-order valence-electron chi connectivity index (χ0n) is 7.84. The molecule has 0 aliphatic carbocycles. The standard InChI is InChI=1S/C9H6ClNO5/c10-9-5(7(12)4-8(13)14)2-1-3-6(9)11(15)16/h1-3H,4H2,(H,13,14). The van der Waals surface area contributed by atoms with Gasteiger partial charge in [-0.25, -0.2) is 0 Å². The average Bonchev–Trinajstić information content (AvgIpc) is 2.16. The second-order valence-electron chi connectivity index (χ2n) is 2.89. The van der Waals surface area contributed by atoms with Gasteiger partial charge < -0.3 is 5.11 Å². The number of ketones is 1. The van der Waals surface area contributed by atoms with Crippen molar-refractivity contribution in [3.8, 4) is 0 Å². The van der Waals surface area contributed by atoms with E-state index in [0.717, 1.165) is 6.07 Å². The molecule has 0 saturated heterocycles. The lowest BCUT2D eigenvalue weighted by molar-refractivity contribution is -0.384. The lowest BCUT2D eigenvalue weighted by Gasteiger charge is -2.01. The number of aliphatic carboxylic acids is 1. The normalized spacial score (nSPS) is 9.81. The van der Waals surface area contributed by atoms with Crippen LogP contribution in [0, 0.1) is 10.1 Å². The molecule has 1 aromatic rings. The lowest BCUT2D eigenvalue weighted by atomic mass is 10.1. The maximum absolute atomic E-state index is 11.4. The van der Waals surface area contributed by atoms with E-state index in [1.54, 1.807) is 0 Å². The molecule has 0 spiro atoms. The molecule has 0 atom stereocenters. The number of nitrogens with zero attached hydrogens (tertiary/aromatic N) is 1. The number of halogens is 1. The summed E-state index contributed by atoms with van der Waals surface area (Å²) in [4.78, 5) is 31.5. The predicted molar refractivity (Wildman–Crippen MR) is 54.7 cm³/mol. The Balaban J connectivity index is 3.15. The highest BCUT2D eigenvalue weighted by molar-refractivity contribution is 6.36. The molecule has 0 aromatic heterocycles. The number of Topliss-reactive ketones (excluding diaryl/α,β-unsaturated/α-hetero) is 1. The van der Waals surface area contributed by atoms with E-state index in [-0.39, 0.29) is 10.6 Å². The maximum Gasteiger partial charge on any atom is 0.311 e. The summed E-state index contributed by atoms with van der Waals surface area (Å²) in [5.74, 6) is -2.08. The highest BCUT2D eigenvalue weighted by Crippen LogP contribution is 2.28. The largest absolute Gasteiger partial charge is 0.481 e. The Bertz CT molecular complexity index is 471. The Morgan fingerprint density at radius 3 is 2.56 bits per heavy atom. The smallest absolute Gasteiger partial charge is 0.311 e. The Morgan fingerprint density at radius 2 is 2.06 bits per heavy atom. The van der Waals surface area contributed by atoms with E-state index in [9.17, 15) is 19.7 Å². The van der Waals surface area contributed by atoms with Crippen LogP contribution >= 0.6 is 11.6 Å². The van der Waals surface area contributed by atoms with Gasteiger partial charge in [0.05, 0.1) is 4.92 Å². The van der Waals surface area contributed by atoms with E-state index in [0.29, 0.717) is 0 Å². The lowest BCUT2D eigenvalue weighted by Crippen LogP contribution is -2.08. The van der Waals surface area contributed by atoms with Crippen LogP contribution in [0.1, 0.15) is 16.8 Å². The molecule has 1 aromatic carbocycles. The van der Waals surface area contributed by atoms with Crippen molar-refractivity contribution in [2.24, 2.45) is 0 Å². The van der Waals surface area contributed by atoms with Gasteiger partial charge in [-0.05, 0) is 6.07 Å². The Morgan fingerprint density at radius 1 is 1.44 bits per heavy atom. The molecule has 0 saturated carbocycles. The molecule has 1 N–H and O–H groups in total. The summed E-state index contributed by atoms with van der Waals surface area (Å²) in [6.07, 6.45) is -0.749. The Kier molecular flexibility index (Phi) is 3.57. The van der Waals surface area contributed by atoms with Crippen molar-refractivity contribution in [1.29, 1.82) is 0 Å². The van der Waals surface area contributed by atoms with E-state index in [1.165, 1.54) is 12.1 Å². The van der Waals surface area contributed by atoms with Gasteiger partial charge >= 0.3 is 5.97 Å². The monoisotopic (exact) mass is 243 g/mol. The molecule has 6 nitrogen and oxygen atoms in total. The van der Waals surface area contributed by atoms with Gasteiger partial charge in [-0.15, -0.1) is 0 Å². The molecule has 7 heteroatoms. The number of hydrogen-bond acceptors (Lipinski definition) is 4. The quantitative estimate of drug-likeness (QED) is 0.377. The molecule has 0 radical (unpaired) electrons. The number of nitro benzene ring substituents is 1. The fraction of sp³-hybridized carbons (Fsp3) is 0.111. The number of carboxylic acids is 1. The van der Waals surface area contributed by atoms with Crippen molar-refractivity contribution in [2.45, 2.75) is 6.42 Å². The summed E-state index contributed by atoms with van der Waals surface area (Å²) in [6.45, 7) is 0. The molecular formula is C9H6ClNO5. The van der Waals surface area contributed by atoms with E-state index in [1.807, 2.05) is 0 Å². The third-order valence-corrected chi connectivity index (χ3v) is 2.18. The van der Waals surface area contributed by atoms with Crippen LogP contribution in [-0.4, -0.2) is 21.8 Å². The highest BCUT2D eigenvalue weighted by atomic mass is 35.5. The summed E-state index contributed by atoms with van der Waals surface area (Å²) in [5.41, 5.74) is -0.573. The molecule has 84 valence electrons. The first-order valence-electron chi connectivity index (χ1n) is 4.11. The summed E-state index contributed by atoms with van der Waals surface area (Å²) >= 11 is 5.63. The van der Waals surface area contributed by atoms with Gasteiger partial charge in [0, 0.05) is 11.6 Å². The number of nitro groups is 1. The Labute approximate surface area is 94.6 Å². The number of hydrogen-bond donors (Lipinski definition) is 1. The Hall–Kier alpha value is -1.95. The third kappa shape index (κ3) is 2.54. The van der Waals surface area contributed by atoms with Crippen LogP contribution in [-0.2, 0) is 4.79 Å². The molecule has 0 aliphatic heterocycles. The second-order valence-corrected chi connectivity index (χ2v) is 3.27. The highest BCUT2D eigenvalue weighted by Gasteiger charge is 2.21. The molecule has 0 aliphatic rings. The van der Waals surface area contributed by atoms with E-state index >= 15 is 0 Å². The van der Waals surface area contributed by atoms with Gasteiger partial charge in [-0.3, -0.25) is 19.7 Å². The molecule has 1 rings (SSSR count). The molecule has 0 amide bonds. The van der Waals surface area contributed by atoms with Crippen LogP contribution < -0.4 is 0 Å². The zero-order chi connectivity index (χ0) is 12.3. The van der Waals surface area contributed by atoms with Gasteiger partial charge in [-0.2, -0.15) is 0 Å². The molecule has 0 unspecified atom stereocenters. The fourth-order valence-electron chi connectivity index (χ4n) is 1.11. The minimum Gasteiger partial charge on any atom is -0.481 e. The van der Waals surface area contributed by atoms with Crippen LogP contribution in [0.5, 0.6) is 0 Å². The van der Waals surface area contributed by atoms with E-state index in [2.05, 4.69) is 0 Å². The third-order valence-electron chi connectivity index (χ3n) is 1.79. The summed E-state index contributed by atoms with van der Waals surface area (Å²) in [7, 11) is 0. The minimum absolute atomic E-state index is 0.154. The second kappa shape index (κ2) is 4.71. The van der Waals surface area contributed by atoms with Gasteiger partial charge in [0.2, 0.25) is 0 Å². The van der Waals surface area contributed by atoms with Crippen molar-refractivity contribution in [3.63, 3.8) is 0 Å². The number of carbonyl (C=O) groups is 2. The van der Waals surface area contributed by atoms with Gasteiger partial charge in [0.25, 0.3) is 5.69 Å². The van der Waals surface area contributed by atoms with Crippen molar-refractivity contribution in [2.75, 3.05) is 0 Å². The van der Waals surface area contributed by atoms with Crippen molar-refractivity contribution in [3.05, 3.63) is 38.9 Å². The first-order chi connectivity index (χ1) is 7.43.